The zero-order valence-corrected chi connectivity index (χ0v) is 7.73. The zero-order valence-electron chi connectivity index (χ0n) is 6.09. The summed E-state index contributed by atoms with van der Waals surface area (Å²) in [5, 5.41) is 0. The molecule has 2 heteroatoms. The molecule has 1 aliphatic rings. The molecule has 0 aromatic heterocycles. The predicted octanol–water partition coefficient (Wildman–Crippen LogP) is 2.84. The Morgan fingerprint density at radius 3 is 2.11 bits per heavy atom. The van der Waals surface area contributed by atoms with Gasteiger partial charge >= 0.3 is 0 Å². The van der Waals surface area contributed by atoms with Crippen LogP contribution in [0, 0.1) is 5.92 Å². The Labute approximate surface area is 66.2 Å². The van der Waals surface area contributed by atoms with Crippen molar-refractivity contribution in [1.82, 2.24) is 0 Å². The third-order valence-corrected chi connectivity index (χ3v) is 5.01. The van der Waals surface area contributed by atoms with Gasteiger partial charge in [-0.05, 0) is 23.8 Å². The first-order valence-corrected chi connectivity index (χ1v) is 5.63. The lowest BCUT2D eigenvalue weighted by atomic mass is 10.3. The first-order valence-electron chi connectivity index (χ1n) is 3.54. The molecule has 1 rings (SSSR count). The normalized spacial score (nSPS) is 23.0. The van der Waals surface area contributed by atoms with Gasteiger partial charge in [-0.2, -0.15) is 0 Å². The van der Waals surface area contributed by atoms with Crippen molar-refractivity contribution in [1.29, 1.82) is 0 Å². The van der Waals surface area contributed by atoms with E-state index in [1.54, 1.807) is 0 Å². The van der Waals surface area contributed by atoms with Crippen LogP contribution >= 0.6 is 23.5 Å². The molecular formula is C7H14S2. The van der Waals surface area contributed by atoms with Crippen LogP contribution in [0.3, 0.4) is 0 Å². The Kier molecular flexibility index (Phi) is 3.27. The average molecular weight is 162 g/mol. The summed E-state index contributed by atoms with van der Waals surface area (Å²) >= 11 is 4.27. The average Bonchev–Trinajstić information content (AvgIpc) is 1.90. The summed E-state index contributed by atoms with van der Waals surface area (Å²) in [5.41, 5.74) is 0. The van der Waals surface area contributed by atoms with E-state index >= 15 is 0 Å². The maximum atomic E-state index is 2.32. The highest BCUT2D eigenvalue weighted by Gasteiger charge is 2.16. The van der Waals surface area contributed by atoms with Crippen LogP contribution in [-0.2, 0) is 0 Å². The fourth-order valence-electron chi connectivity index (χ4n) is 0.891. The minimum Gasteiger partial charge on any atom is -0.147 e. The van der Waals surface area contributed by atoms with Gasteiger partial charge in [-0.3, -0.25) is 0 Å². The maximum Gasteiger partial charge on any atom is 0.0525 e. The lowest BCUT2D eigenvalue weighted by Crippen LogP contribution is -2.12. The smallest absolute Gasteiger partial charge is 0.0525 e. The van der Waals surface area contributed by atoms with Gasteiger partial charge in [0, 0.05) is 0 Å². The minimum atomic E-state index is 0.861. The molecule has 1 fully saturated rings. The lowest BCUT2D eigenvalue weighted by Gasteiger charge is -2.23. The highest BCUT2D eigenvalue weighted by molar-refractivity contribution is 8.17. The molecular weight excluding hydrogens is 148 g/mol. The van der Waals surface area contributed by atoms with Crippen molar-refractivity contribution in [2.45, 2.75) is 24.9 Å². The molecule has 0 radical (unpaired) electrons. The van der Waals surface area contributed by atoms with Crippen molar-refractivity contribution in [2.75, 3.05) is 11.5 Å². The second-order valence-corrected chi connectivity index (χ2v) is 5.50. The van der Waals surface area contributed by atoms with Gasteiger partial charge < -0.3 is 0 Å². The van der Waals surface area contributed by atoms with Gasteiger partial charge in [-0.15, -0.1) is 23.5 Å². The quantitative estimate of drug-likeness (QED) is 0.581. The molecule has 0 aromatic carbocycles. The topological polar surface area (TPSA) is 0 Å². The van der Waals surface area contributed by atoms with Crippen LogP contribution < -0.4 is 0 Å². The van der Waals surface area contributed by atoms with Crippen LogP contribution in [0.2, 0.25) is 0 Å². The van der Waals surface area contributed by atoms with E-state index in [4.69, 9.17) is 0 Å². The van der Waals surface area contributed by atoms with Crippen LogP contribution in [0.5, 0.6) is 0 Å². The van der Waals surface area contributed by atoms with E-state index in [2.05, 4.69) is 37.4 Å². The molecule has 9 heavy (non-hydrogen) atoms. The van der Waals surface area contributed by atoms with Gasteiger partial charge in [-0.1, -0.05) is 13.8 Å². The molecule has 0 spiro atoms. The van der Waals surface area contributed by atoms with E-state index in [1.807, 2.05) is 0 Å². The molecule has 0 amide bonds. The summed E-state index contributed by atoms with van der Waals surface area (Å²) < 4.78 is 0.888. The molecule has 0 aromatic rings. The Morgan fingerprint density at radius 2 is 1.78 bits per heavy atom. The summed E-state index contributed by atoms with van der Waals surface area (Å²) in [7, 11) is 0. The monoisotopic (exact) mass is 162 g/mol. The van der Waals surface area contributed by atoms with E-state index < -0.39 is 0 Å². The number of thioether (sulfide) groups is 2. The molecule has 0 saturated carbocycles. The van der Waals surface area contributed by atoms with Gasteiger partial charge in [0.1, 0.15) is 0 Å². The molecule has 0 bridgehead atoms. The summed E-state index contributed by atoms with van der Waals surface area (Å²) in [6.07, 6.45) is 1.42. The first-order chi connectivity index (χ1) is 4.30. The molecule has 0 N–H and O–H groups in total. The standard InChI is InChI=1S/C7H14S2/c1-6(2)7-8-4-3-5-9-7/h6-7H,3-5H2,1-2H3. The van der Waals surface area contributed by atoms with Crippen LogP contribution in [-0.4, -0.2) is 16.1 Å². The van der Waals surface area contributed by atoms with Gasteiger partial charge in [0.25, 0.3) is 0 Å². The summed E-state index contributed by atoms with van der Waals surface area (Å²) in [6.45, 7) is 4.63. The third-order valence-electron chi connectivity index (χ3n) is 1.40. The Balaban J connectivity index is 2.23. The van der Waals surface area contributed by atoms with Crippen molar-refractivity contribution in [3.63, 3.8) is 0 Å². The highest BCUT2D eigenvalue weighted by atomic mass is 32.2. The van der Waals surface area contributed by atoms with Gasteiger partial charge in [-0.25, -0.2) is 0 Å². The van der Waals surface area contributed by atoms with E-state index in [1.165, 1.54) is 17.9 Å². The summed E-state index contributed by atoms with van der Waals surface area (Å²) in [5.74, 6) is 3.63. The minimum absolute atomic E-state index is 0.861. The molecule has 0 unspecified atom stereocenters. The summed E-state index contributed by atoms with van der Waals surface area (Å²) in [6, 6.07) is 0. The lowest BCUT2D eigenvalue weighted by molar-refractivity contribution is 0.716. The van der Waals surface area contributed by atoms with Crippen LogP contribution in [0.4, 0.5) is 0 Å². The molecule has 1 saturated heterocycles. The fourth-order valence-corrected chi connectivity index (χ4v) is 3.89. The second kappa shape index (κ2) is 3.77. The van der Waals surface area contributed by atoms with E-state index in [0.717, 1.165) is 10.5 Å². The number of rotatable bonds is 1. The molecule has 0 aliphatic carbocycles. The molecule has 54 valence electrons. The summed E-state index contributed by atoms with van der Waals surface area (Å²) in [4.78, 5) is 0. The first kappa shape index (κ1) is 7.80. The second-order valence-electron chi connectivity index (χ2n) is 2.71. The van der Waals surface area contributed by atoms with Crippen LogP contribution in [0.15, 0.2) is 0 Å². The Bertz CT molecular complexity index is 75.0. The number of hydrogen-bond donors (Lipinski definition) is 0. The van der Waals surface area contributed by atoms with Gasteiger partial charge in [0.15, 0.2) is 0 Å². The van der Waals surface area contributed by atoms with Crippen LogP contribution in [0.25, 0.3) is 0 Å². The van der Waals surface area contributed by atoms with Crippen molar-refractivity contribution in [3.8, 4) is 0 Å². The maximum absolute atomic E-state index is 2.32. The van der Waals surface area contributed by atoms with Crippen molar-refractivity contribution >= 4 is 23.5 Å². The largest absolute Gasteiger partial charge is 0.147 e. The predicted molar refractivity (Wildman–Crippen MR) is 48.2 cm³/mol. The molecule has 0 atom stereocenters. The highest BCUT2D eigenvalue weighted by Crippen LogP contribution is 2.35. The fraction of sp³-hybridized carbons (Fsp3) is 1.00. The Hall–Kier alpha value is 0.700. The number of hydrogen-bond acceptors (Lipinski definition) is 2. The van der Waals surface area contributed by atoms with Gasteiger partial charge in [0.05, 0.1) is 4.58 Å². The van der Waals surface area contributed by atoms with E-state index in [9.17, 15) is 0 Å². The van der Waals surface area contributed by atoms with Crippen molar-refractivity contribution < 1.29 is 0 Å². The van der Waals surface area contributed by atoms with Crippen LogP contribution in [0.1, 0.15) is 20.3 Å². The SMILES string of the molecule is CC(C)C1SCCCS1. The molecule has 0 nitrogen and oxygen atoms in total. The van der Waals surface area contributed by atoms with E-state index in [0.29, 0.717) is 0 Å². The molecule has 1 heterocycles. The van der Waals surface area contributed by atoms with Gasteiger partial charge in [0.2, 0.25) is 0 Å². The molecule has 1 aliphatic heterocycles. The third kappa shape index (κ3) is 2.42. The Morgan fingerprint density at radius 1 is 1.22 bits per heavy atom. The zero-order chi connectivity index (χ0) is 6.69. The van der Waals surface area contributed by atoms with E-state index in [-0.39, 0.29) is 0 Å². The van der Waals surface area contributed by atoms with Crippen molar-refractivity contribution in [2.24, 2.45) is 5.92 Å². The van der Waals surface area contributed by atoms with Crippen molar-refractivity contribution in [3.05, 3.63) is 0 Å².